The topological polar surface area (TPSA) is 60.5 Å². The van der Waals surface area contributed by atoms with Crippen LogP contribution in [-0.2, 0) is 16.0 Å². The third kappa shape index (κ3) is 3.71. The summed E-state index contributed by atoms with van der Waals surface area (Å²) in [5.74, 6) is 0.416. The van der Waals surface area contributed by atoms with Crippen molar-refractivity contribution in [2.45, 2.75) is 6.42 Å². The smallest absolute Gasteiger partial charge is 0.311 e. The van der Waals surface area contributed by atoms with Crippen molar-refractivity contribution in [2.24, 2.45) is 0 Å². The highest BCUT2D eigenvalue weighted by Gasteiger charge is 2.10. The maximum Gasteiger partial charge on any atom is 0.311 e. The van der Waals surface area contributed by atoms with Gasteiger partial charge >= 0.3 is 5.97 Å². The van der Waals surface area contributed by atoms with Gasteiger partial charge in [-0.05, 0) is 18.2 Å². The Kier molecular flexibility index (Phi) is 4.97. The lowest BCUT2D eigenvalue weighted by Gasteiger charge is -2.09. The van der Waals surface area contributed by atoms with E-state index in [9.17, 15) is 4.79 Å². The Labute approximate surface area is 129 Å². The molecule has 1 heterocycles. The van der Waals surface area contributed by atoms with Crippen LogP contribution < -0.4 is 10.1 Å². The van der Waals surface area contributed by atoms with Gasteiger partial charge in [0.15, 0.2) is 5.13 Å². The van der Waals surface area contributed by atoms with Crippen molar-refractivity contribution in [3.8, 4) is 5.75 Å². The molecule has 0 spiro atoms. The third-order valence-electron chi connectivity index (χ3n) is 2.51. The summed E-state index contributed by atoms with van der Waals surface area (Å²) in [5.41, 5.74) is 1.49. The number of hydrogen-bond donors (Lipinski definition) is 1. The molecule has 0 aliphatic rings. The Bertz CT molecular complexity index is 615. The summed E-state index contributed by atoms with van der Waals surface area (Å²) in [5, 5.41) is 5.69. The van der Waals surface area contributed by atoms with Gasteiger partial charge in [0.2, 0.25) is 0 Å². The van der Waals surface area contributed by atoms with Gasteiger partial charge in [-0.25, -0.2) is 4.98 Å². The van der Waals surface area contributed by atoms with Crippen molar-refractivity contribution in [1.82, 2.24) is 4.98 Å². The minimum atomic E-state index is -0.304. The average Bonchev–Trinajstić information content (AvgIpc) is 2.86. The molecule has 0 saturated carbocycles. The van der Waals surface area contributed by atoms with E-state index in [1.807, 2.05) is 23.6 Å². The second-order valence-corrected chi connectivity index (χ2v) is 5.64. The number of anilines is 2. The van der Waals surface area contributed by atoms with Gasteiger partial charge in [0.1, 0.15) is 5.75 Å². The van der Waals surface area contributed by atoms with E-state index in [1.54, 1.807) is 7.11 Å². The number of nitrogens with one attached hydrogen (secondary N) is 1. The monoisotopic (exact) mass is 356 g/mol. The van der Waals surface area contributed by atoms with E-state index < -0.39 is 0 Å². The molecule has 1 aromatic heterocycles. The number of aromatic nitrogens is 1. The molecular formula is C13H13BrN2O3S. The Balaban J connectivity index is 2.14. The van der Waals surface area contributed by atoms with Crippen LogP contribution in [0.2, 0.25) is 0 Å². The largest absolute Gasteiger partial charge is 0.495 e. The molecule has 1 N–H and O–H groups in total. The second-order valence-electron chi connectivity index (χ2n) is 3.87. The van der Waals surface area contributed by atoms with Crippen LogP contribution in [-0.4, -0.2) is 25.2 Å². The van der Waals surface area contributed by atoms with Crippen LogP contribution in [0.4, 0.5) is 10.8 Å². The molecule has 2 rings (SSSR count). The van der Waals surface area contributed by atoms with Gasteiger partial charge in [-0.1, -0.05) is 15.9 Å². The van der Waals surface area contributed by atoms with E-state index in [2.05, 4.69) is 31.0 Å². The fourth-order valence-corrected chi connectivity index (χ4v) is 2.64. The predicted octanol–water partition coefficient (Wildman–Crippen LogP) is 3.37. The lowest BCUT2D eigenvalue weighted by molar-refractivity contribution is -0.139. The van der Waals surface area contributed by atoms with Crippen LogP contribution in [0.1, 0.15) is 5.69 Å². The molecule has 2 aromatic rings. The Morgan fingerprint density at radius 1 is 1.45 bits per heavy atom. The zero-order chi connectivity index (χ0) is 14.5. The van der Waals surface area contributed by atoms with Gasteiger partial charge in [-0.15, -0.1) is 11.3 Å². The lowest BCUT2D eigenvalue weighted by Crippen LogP contribution is -2.04. The molecule has 0 atom stereocenters. The highest BCUT2D eigenvalue weighted by Crippen LogP contribution is 2.31. The van der Waals surface area contributed by atoms with Crippen molar-refractivity contribution in [2.75, 3.05) is 19.5 Å². The summed E-state index contributed by atoms with van der Waals surface area (Å²) in [7, 11) is 2.97. The quantitative estimate of drug-likeness (QED) is 0.832. The van der Waals surface area contributed by atoms with Crippen molar-refractivity contribution < 1.29 is 14.3 Å². The number of carbonyl (C=O) groups is 1. The summed E-state index contributed by atoms with van der Waals surface area (Å²) in [6.07, 6.45) is 0.171. The number of hydrogen-bond acceptors (Lipinski definition) is 6. The Morgan fingerprint density at radius 3 is 2.95 bits per heavy atom. The van der Waals surface area contributed by atoms with Gasteiger partial charge in [-0.2, -0.15) is 0 Å². The Hall–Kier alpha value is -1.60. The number of rotatable bonds is 5. The minimum absolute atomic E-state index is 0.171. The van der Waals surface area contributed by atoms with E-state index in [0.717, 1.165) is 15.9 Å². The lowest BCUT2D eigenvalue weighted by atomic mass is 10.3. The molecule has 0 aliphatic carbocycles. The van der Waals surface area contributed by atoms with Crippen molar-refractivity contribution in [1.29, 1.82) is 0 Å². The number of thiazole rings is 1. The number of ether oxygens (including phenoxy) is 2. The van der Waals surface area contributed by atoms with Crippen molar-refractivity contribution in [3.05, 3.63) is 33.7 Å². The molecule has 0 radical (unpaired) electrons. The molecular weight excluding hydrogens is 344 g/mol. The van der Waals surface area contributed by atoms with Gasteiger partial charge in [0.25, 0.3) is 0 Å². The first-order valence-corrected chi connectivity index (χ1v) is 7.41. The minimum Gasteiger partial charge on any atom is -0.495 e. The van der Waals surface area contributed by atoms with Gasteiger partial charge in [0.05, 0.1) is 32.0 Å². The first kappa shape index (κ1) is 14.8. The third-order valence-corrected chi connectivity index (χ3v) is 3.81. The number of methoxy groups -OCH3 is 2. The first-order chi connectivity index (χ1) is 9.62. The first-order valence-electron chi connectivity index (χ1n) is 5.74. The standard InChI is InChI=1S/C13H13BrN2O3S/c1-18-11-4-3-8(14)5-10(11)16-13-15-9(7-20-13)6-12(17)19-2/h3-5,7H,6H2,1-2H3,(H,15,16). The van der Waals surface area contributed by atoms with Crippen molar-refractivity contribution >= 4 is 44.1 Å². The Morgan fingerprint density at radius 2 is 2.25 bits per heavy atom. The number of benzene rings is 1. The molecule has 0 unspecified atom stereocenters. The fraction of sp³-hybridized carbons (Fsp3) is 0.231. The predicted molar refractivity (Wildman–Crippen MR) is 81.8 cm³/mol. The summed E-state index contributed by atoms with van der Waals surface area (Å²) in [6.45, 7) is 0. The highest BCUT2D eigenvalue weighted by molar-refractivity contribution is 9.10. The van der Waals surface area contributed by atoms with Crippen LogP contribution in [0, 0.1) is 0 Å². The van der Waals surface area contributed by atoms with E-state index in [-0.39, 0.29) is 12.4 Å². The van der Waals surface area contributed by atoms with Gasteiger partial charge in [-0.3, -0.25) is 4.79 Å². The zero-order valence-electron chi connectivity index (χ0n) is 11.0. The van der Waals surface area contributed by atoms with Crippen LogP contribution in [0.25, 0.3) is 0 Å². The van der Waals surface area contributed by atoms with Crippen LogP contribution in [0.5, 0.6) is 5.75 Å². The molecule has 20 heavy (non-hydrogen) atoms. The molecule has 7 heteroatoms. The van der Waals surface area contributed by atoms with Crippen LogP contribution in [0.15, 0.2) is 28.1 Å². The van der Waals surface area contributed by atoms with E-state index >= 15 is 0 Å². The number of halogens is 1. The summed E-state index contributed by atoms with van der Waals surface area (Å²) >= 11 is 4.83. The second kappa shape index (κ2) is 6.71. The van der Waals surface area contributed by atoms with E-state index in [1.165, 1.54) is 18.4 Å². The summed E-state index contributed by atoms with van der Waals surface area (Å²) < 4.78 is 10.8. The fourth-order valence-electron chi connectivity index (χ4n) is 1.56. The van der Waals surface area contributed by atoms with E-state index in [0.29, 0.717) is 10.8 Å². The summed E-state index contributed by atoms with van der Waals surface area (Å²) in [4.78, 5) is 15.5. The molecule has 1 aromatic carbocycles. The van der Waals surface area contributed by atoms with Gasteiger partial charge < -0.3 is 14.8 Å². The average molecular weight is 357 g/mol. The highest BCUT2D eigenvalue weighted by atomic mass is 79.9. The molecule has 0 amide bonds. The molecule has 0 aliphatic heterocycles. The maximum atomic E-state index is 11.2. The molecule has 0 saturated heterocycles. The molecule has 106 valence electrons. The van der Waals surface area contributed by atoms with Crippen LogP contribution in [0.3, 0.4) is 0 Å². The van der Waals surface area contributed by atoms with E-state index in [4.69, 9.17) is 4.74 Å². The normalized spacial score (nSPS) is 10.2. The zero-order valence-corrected chi connectivity index (χ0v) is 13.4. The van der Waals surface area contributed by atoms with Crippen molar-refractivity contribution in [3.63, 3.8) is 0 Å². The number of nitrogens with zero attached hydrogens (tertiary/aromatic N) is 1. The molecule has 5 nitrogen and oxygen atoms in total. The molecule has 0 fully saturated rings. The van der Waals surface area contributed by atoms with Crippen LogP contribution >= 0.6 is 27.3 Å². The SMILES string of the molecule is COC(=O)Cc1csc(Nc2cc(Br)ccc2OC)n1. The number of esters is 1. The maximum absolute atomic E-state index is 11.2. The summed E-state index contributed by atoms with van der Waals surface area (Å²) in [6, 6.07) is 5.66. The number of carbonyl (C=O) groups excluding carboxylic acids is 1. The van der Waals surface area contributed by atoms with Gasteiger partial charge in [0, 0.05) is 9.85 Å². The molecule has 0 bridgehead atoms.